The molecule has 2 aromatic carbocycles. The van der Waals surface area contributed by atoms with Gasteiger partial charge in [-0.05, 0) is 36.4 Å². The molecule has 22 heavy (non-hydrogen) atoms. The molecule has 3 N–H and O–H groups in total. The first-order valence-corrected chi connectivity index (χ1v) is 8.89. The molecule has 0 amide bonds. The Hall–Kier alpha value is -1.83. The second-order valence-corrected chi connectivity index (χ2v) is 7.79. The number of hydrogen-bond donors (Lipinski definition) is 2. The third-order valence-corrected chi connectivity index (χ3v) is 5.68. The molecule has 1 atom stereocenters. The minimum Gasteiger partial charge on any atom is -0.480 e. The first kappa shape index (κ1) is 16.5. The molecule has 0 fully saturated rings. The summed E-state index contributed by atoms with van der Waals surface area (Å²) in [6.45, 7) is 0. The van der Waals surface area contributed by atoms with E-state index in [4.69, 9.17) is 10.8 Å². The van der Waals surface area contributed by atoms with Gasteiger partial charge in [0.1, 0.15) is 6.04 Å². The summed E-state index contributed by atoms with van der Waals surface area (Å²) in [6, 6.07) is 14.6. The van der Waals surface area contributed by atoms with E-state index in [1.807, 2.05) is 30.3 Å². The fraction of sp³-hybridized carbons (Fsp3) is 0.133. The smallest absolute Gasteiger partial charge is 0.321 e. The van der Waals surface area contributed by atoms with E-state index in [0.717, 1.165) is 9.79 Å². The van der Waals surface area contributed by atoms with Crippen molar-refractivity contribution in [3.63, 3.8) is 0 Å². The highest BCUT2D eigenvalue weighted by Gasteiger charge is 2.23. The maximum atomic E-state index is 12.1. The van der Waals surface area contributed by atoms with Crippen LogP contribution in [0, 0.1) is 0 Å². The Balaban J connectivity index is 2.13. The summed E-state index contributed by atoms with van der Waals surface area (Å²) in [4.78, 5) is 12.7. The lowest BCUT2D eigenvalue weighted by molar-refractivity contribution is -0.137. The van der Waals surface area contributed by atoms with Gasteiger partial charge in [0.2, 0.25) is 0 Å². The van der Waals surface area contributed by atoms with Gasteiger partial charge in [0.05, 0.1) is 10.6 Å². The average molecular weight is 337 g/mol. The maximum Gasteiger partial charge on any atom is 0.321 e. The van der Waals surface area contributed by atoms with E-state index < -0.39 is 27.6 Å². The highest BCUT2D eigenvalue weighted by molar-refractivity contribution is 7.99. The van der Waals surface area contributed by atoms with Crippen molar-refractivity contribution >= 4 is 27.6 Å². The highest BCUT2D eigenvalue weighted by Crippen LogP contribution is 2.28. The molecule has 5 nitrogen and oxygen atoms in total. The molecule has 0 aliphatic carbocycles. The Bertz CT molecular complexity index is 743. The summed E-state index contributed by atoms with van der Waals surface area (Å²) in [7, 11) is -3.71. The lowest BCUT2D eigenvalue weighted by Gasteiger charge is -2.08. The van der Waals surface area contributed by atoms with Crippen molar-refractivity contribution in [2.75, 3.05) is 5.75 Å². The Morgan fingerprint density at radius 3 is 2.14 bits per heavy atom. The highest BCUT2D eigenvalue weighted by atomic mass is 32.2. The number of carbonyl (C=O) groups is 1. The first-order chi connectivity index (χ1) is 10.4. The van der Waals surface area contributed by atoms with Crippen molar-refractivity contribution in [3.8, 4) is 0 Å². The van der Waals surface area contributed by atoms with Crippen LogP contribution in [0.15, 0.2) is 69.3 Å². The normalized spacial score (nSPS) is 12.8. The van der Waals surface area contributed by atoms with E-state index in [1.165, 1.54) is 23.9 Å². The molecular formula is C15H15NO4S2. The zero-order chi connectivity index (χ0) is 16.2. The van der Waals surface area contributed by atoms with Crippen LogP contribution in [0.2, 0.25) is 0 Å². The summed E-state index contributed by atoms with van der Waals surface area (Å²) in [5.74, 6) is -1.95. The topological polar surface area (TPSA) is 97.5 Å². The van der Waals surface area contributed by atoms with Crippen LogP contribution in [0.4, 0.5) is 0 Å². The molecule has 0 bridgehead atoms. The first-order valence-electron chi connectivity index (χ1n) is 6.42. The molecule has 2 rings (SSSR count). The third-order valence-electron chi connectivity index (χ3n) is 2.88. The van der Waals surface area contributed by atoms with Gasteiger partial charge in [-0.1, -0.05) is 30.0 Å². The van der Waals surface area contributed by atoms with Crippen LogP contribution < -0.4 is 5.73 Å². The second-order valence-electron chi connectivity index (χ2n) is 4.61. The van der Waals surface area contributed by atoms with Crippen LogP contribution in [0.25, 0.3) is 0 Å². The van der Waals surface area contributed by atoms with Crippen molar-refractivity contribution in [2.24, 2.45) is 5.73 Å². The molecule has 0 aliphatic heterocycles. The van der Waals surface area contributed by atoms with Gasteiger partial charge in [-0.3, -0.25) is 4.79 Å². The number of hydrogen-bond acceptors (Lipinski definition) is 5. The Kier molecular flexibility index (Phi) is 5.23. The van der Waals surface area contributed by atoms with E-state index in [2.05, 4.69) is 0 Å². The number of carboxylic acid groups (broad SMARTS) is 1. The Morgan fingerprint density at radius 2 is 1.59 bits per heavy atom. The maximum absolute atomic E-state index is 12.1. The molecule has 0 aliphatic rings. The molecule has 0 aromatic heterocycles. The van der Waals surface area contributed by atoms with Gasteiger partial charge in [0.25, 0.3) is 0 Å². The molecule has 7 heteroatoms. The molecular weight excluding hydrogens is 322 g/mol. The van der Waals surface area contributed by atoms with Crippen LogP contribution in [-0.4, -0.2) is 31.3 Å². The number of sulfone groups is 1. The number of nitrogens with two attached hydrogens (primary N) is 1. The quantitative estimate of drug-likeness (QED) is 0.837. The van der Waals surface area contributed by atoms with Gasteiger partial charge < -0.3 is 10.8 Å². The summed E-state index contributed by atoms with van der Waals surface area (Å²) >= 11 is 1.51. The molecule has 0 spiro atoms. The zero-order valence-corrected chi connectivity index (χ0v) is 13.2. The van der Waals surface area contributed by atoms with Gasteiger partial charge in [0, 0.05) is 9.79 Å². The predicted molar refractivity (Wildman–Crippen MR) is 84.7 cm³/mol. The van der Waals surface area contributed by atoms with Crippen molar-refractivity contribution in [3.05, 3.63) is 54.6 Å². The molecule has 0 saturated heterocycles. The monoisotopic (exact) mass is 337 g/mol. The summed E-state index contributed by atoms with van der Waals surface area (Å²) < 4.78 is 24.1. The number of benzene rings is 2. The van der Waals surface area contributed by atoms with E-state index in [-0.39, 0.29) is 4.90 Å². The van der Waals surface area contributed by atoms with E-state index >= 15 is 0 Å². The van der Waals surface area contributed by atoms with Crippen molar-refractivity contribution in [1.29, 1.82) is 0 Å². The molecule has 0 radical (unpaired) electrons. The van der Waals surface area contributed by atoms with Crippen LogP contribution in [0.5, 0.6) is 0 Å². The van der Waals surface area contributed by atoms with Crippen molar-refractivity contribution in [2.45, 2.75) is 20.7 Å². The predicted octanol–water partition coefficient (Wildman–Crippen LogP) is 2.02. The lowest BCUT2D eigenvalue weighted by Crippen LogP contribution is -2.37. The summed E-state index contributed by atoms with van der Waals surface area (Å²) in [6.07, 6.45) is 0. The van der Waals surface area contributed by atoms with Gasteiger partial charge >= 0.3 is 5.97 Å². The summed E-state index contributed by atoms with van der Waals surface area (Å²) in [5.41, 5.74) is 5.29. The van der Waals surface area contributed by atoms with Crippen LogP contribution in [0.1, 0.15) is 0 Å². The Morgan fingerprint density at radius 1 is 1.05 bits per heavy atom. The molecule has 0 heterocycles. The fourth-order valence-corrected chi connectivity index (χ4v) is 3.94. The van der Waals surface area contributed by atoms with Gasteiger partial charge in [-0.15, -0.1) is 0 Å². The van der Waals surface area contributed by atoms with E-state index in [1.54, 1.807) is 12.1 Å². The van der Waals surface area contributed by atoms with Crippen LogP contribution in [0.3, 0.4) is 0 Å². The van der Waals surface area contributed by atoms with Gasteiger partial charge in [0.15, 0.2) is 9.84 Å². The SMILES string of the molecule is N[C@@H](CS(=O)(=O)c1ccc(Sc2ccccc2)cc1)C(=O)O. The zero-order valence-electron chi connectivity index (χ0n) is 11.5. The molecule has 0 saturated carbocycles. The number of rotatable bonds is 6. The minimum absolute atomic E-state index is 0.0709. The average Bonchev–Trinajstić information content (AvgIpc) is 2.48. The fourth-order valence-electron chi connectivity index (χ4n) is 1.74. The van der Waals surface area contributed by atoms with E-state index in [0.29, 0.717) is 0 Å². The lowest BCUT2D eigenvalue weighted by atomic mass is 10.4. The third kappa shape index (κ3) is 4.33. The second kappa shape index (κ2) is 6.95. The standard InChI is InChI=1S/C15H15NO4S2/c16-14(15(17)18)10-22(19,20)13-8-6-12(7-9-13)21-11-4-2-1-3-5-11/h1-9,14H,10,16H2,(H,17,18)/t14-/m0/s1. The number of carboxylic acids is 1. The van der Waals surface area contributed by atoms with Crippen molar-refractivity contribution in [1.82, 2.24) is 0 Å². The van der Waals surface area contributed by atoms with Crippen molar-refractivity contribution < 1.29 is 18.3 Å². The van der Waals surface area contributed by atoms with Gasteiger partial charge in [-0.2, -0.15) is 0 Å². The molecule has 0 unspecified atom stereocenters. The Labute approximate surface area is 133 Å². The summed E-state index contributed by atoms with van der Waals surface area (Å²) in [5, 5.41) is 8.71. The van der Waals surface area contributed by atoms with E-state index in [9.17, 15) is 13.2 Å². The van der Waals surface area contributed by atoms with Crippen LogP contribution in [-0.2, 0) is 14.6 Å². The number of aliphatic carboxylic acids is 1. The van der Waals surface area contributed by atoms with Crippen LogP contribution >= 0.6 is 11.8 Å². The largest absolute Gasteiger partial charge is 0.480 e. The van der Waals surface area contributed by atoms with Gasteiger partial charge in [-0.25, -0.2) is 8.42 Å². The minimum atomic E-state index is -3.71. The molecule has 2 aromatic rings. The molecule has 116 valence electrons.